The van der Waals surface area contributed by atoms with Gasteiger partial charge in [-0.05, 0) is 17.9 Å². The monoisotopic (exact) mass is 586 g/mol. The maximum Gasteiger partial charge on any atom is 1.00 e. The topological polar surface area (TPSA) is 6.48 Å². The molecule has 2 nitrogen and oxygen atoms in total. The summed E-state index contributed by atoms with van der Waals surface area (Å²) in [6.45, 7) is 0. The summed E-state index contributed by atoms with van der Waals surface area (Å²) in [4.78, 5) is 0. The normalized spacial score (nSPS) is 22.7. The summed E-state index contributed by atoms with van der Waals surface area (Å²) in [5.41, 5.74) is -0.568. The molecule has 1 atom stereocenters. The number of halogens is 7. The molecule has 0 aromatic carbocycles. The molecule has 1 unspecified atom stereocenters. The molecular weight excluding hydrogens is 585 g/mol. The molecule has 80 valence electrons. The largest absolute Gasteiger partial charge is 1.00 e. The van der Waals surface area contributed by atoms with Crippen LogP contribution >= 0.6 is 58.4 Å². The molecule has 1 heterocycles. The minimum Gasteiger partial charge on any atom is -1.00 e. The van der Waals surface area contributed by atoms with Crippen LogP contribution in [-0.4, -0.2) is 18.9 Å². The van der Waals surface area contributed by atoms with Gasteiger partial charge in [0.05, 0.1) is 0 Å². The predicted octanol–water partition coefficient (Wildman–Crippen LogP) is -8.90. The van der Waals surface area contributed by atoms with Crippen LogP contribution in [0.1, 0.15) is 0 Å². The van der Waals surface area contributed by atoms with Crippen LogP contribution in [0.3, 0.4) is 0 Å². The standard InChI is InChI=1S/C4H3Cl5N2.2HI.2K/c5-3-1-2-10(8)4(6,7)11(3)9;;;;/h1-3H;2*1H;;/q;;;2*+1/p-2. The molecule has 0 saturated carbocycles. The molecule has 0 aliphatic carbocycles. The molecule has 0 radical (unpaired) electrons. The Balaban J connectivity index is -0.000000151. The van der Waals surface area contributed by atoms with Crippen molar-refractivity contribution in [1.29, 1.82) is 0 Å². The van der Waals surface area contributed by atoms with E-state index in [1.54, 1.807) is 6.08 Å². The second-order valence-corrected chi connectivity index (χ2v) is 4.27. The third kappa shape index (κ3) is 8.64. The van der Waals surface area contributed by atoms with Crippen LogP contribution in [0.25, 0.3) is 0 Å². The second kappa shape index (κ2) is 13.4. The smallest absolute Gasteiger partial charge is 1.00 e. The van der Waals surface area contributed by atoms with Gasteiger partial charge >= 0.3 is 103 Å². The van der Waals surface area contributed by atoms with Gasteiger partial charge in [-0.1, -0.05) is 34.8 Å². The van der Waals surface area contributed by atoms with Gasteiger partial charge in [-0.25, -0.2) is 4.42 Å². The number of nitrogens with zero attached hydrogens (tertiary/aromatic N) is 2. The van der Waals surface area contributed by atoms with Gasteiger partial charge in [0.1, 0.15) is 5.50 Å². The Hall–Kier alpha value is 5.68. The fourth-order valence-corrected chi connectivity index (χ4v) is 1.51. The van der Waals surface area contributed by atoms with E-state index in [0.717, 1.165) is 8.84 Å². The maximum atomic E-state index is 5.69. The van der Waals surface area contributed by atoms with E-state index < -0.39 is 10.1 Å². The van der Waals surface area contributed by atoms with Gasteiger partial charge in [-0.3, -0.25) is 0 Å². The van der Waals surface area contributed by atoms with Crippen molar-refractivity contribution in [3.05, 3.63) is 12.3 Å². The molecular formula is C4H3Cl5I2K2N2. The molecule has 1 aliphatic rings. The van der Waals surface area contributed by atoms with Crippen molar-refractivity contribution in [3.8, 4) is 0 Å². The molecule has 1 aliphatic heterocycles. The first-order valence-electron chi connectivity index (χ1n) is 2.56. The van der Waals surface area contributed by atoms with Crippen molar-refractivity contribution in [2.24, 2.45) is 0 Å². The van der Waals surface area contributed by atoms with Crippen molar-refractivity contribution in [2.75, 3.05) is 0 Å². The quantitative estimate of drug-likeness (QED) is 0.0914. The minimum absolute atomic E-state index is 0. The molecule has 0 aromatic rings. The van der Waals surface area contributed by atoms with E-state index in [1.807, 2.05) is 0 Å². The van der Waals surface area contributed by atoms with Gasteiger partial charge in [0.15, 0.2) is 0 Å². The zero-order chi connectivity index (χ0) is 8.65. The number of rotatable bonds is 0. The summed E-state index contributed by atoms with van der Waals surface area (Å²) in [7, 11) is 0. The first-order chi connectivity index (χ1) is 4.96. The Morgan fingerprint density at radius 1 is 1.07 bits per heavy atom. The second-order valence-electron chi connectivity index (χ2n) is 1.85. The van der Waals surface area contributed by atoms with E-state index in [9.17, 15) is 0 Å². The predicted molar refractivity (Wildman–Crippen MR) is 48.6 cm³/mol. The van der Waals surface area contributed by atoms with E-state index in [0.29, 0.717) is 0 Å². The van der Waals surface area contributed by atoms with Crippen LogP contribution in [0.15, 0.2) is 12.3 Å². The summed E-state index contributed by atoms with van der Waals surface area (Å²) in [6.07, 6.45) is 2.99. The summed E-state index contributed by atoms with van der Waals surface area (Å²) >= 11 is 28.2. The SMILES string of the molecule is ClC1C=CN(Cl)C(Cl)(Cl)N1Cl.[I-].[I-].[K+].[K+]. The molecule has 0 fully saturated rings. The van der Waals surface area contributed by atoms with E-state index in [2.05, 4.69) is 0 Å². The number of hydrogen-bond donors (Lipinski definition) is 0. The maximum absolute atomic E-state index is 5.69. The fraction of sp³-hybridized carbons (Fsp3) is 0.500. The summed E-state index contributed by atoms with van der Waals surface area (Å²) < 4.78 is 0.497. The first kappa shape index (κ1) is 28.8. The Morgan fingerprint density at radius 3 is 1.80 bits per heavy atom. The van der Waals surface area contributed by atoms with Crippen molar-refractivity contribution in [2.45, 2.75) is 10.1 Å². The zero-order valence-electron chi connectivity index (χ0n) is 7.77. The number of alkyl halides is 3. The van der Waals surface area contributed by atoms with Gasteiger partial charge < -0.3 is 48.0 Å². The van der Waals surface area contributed by atoms with Crippen LogP contribution in [0.2, 0.25) is 0 Å². The van der Waals surface area contributed by atoms with Gasteiger partial charge in [0.2, 0.25) is 0 Å². The first-order valence-corrected chi connectivity index (χ1v) is 4.43. The number of hydrogen-bond acceptors (Lipinski definition) is 2. The Bertz CT molecular complexity index is 198. The Morgan fingerprint density at radius 2 is 1.47 bits per heavy atom. The van der Waals surface area contributed by atoms with Crippen LogP contribution in [0, 0.1) is 0 Å². The van der Waals surface area contributed by atoms with Gasteiger partial charge in [0.25, 0.3) is 4.58 Å². The molecule has 0 saturated heterocycles. The Kier molecular flexibility index (Phi) is 25.6. The average molecular weight is 588 g/mol. The van der Waals surface area contributed by atoms with E-state index in [-0.39, 0.29) is 151 Å². The third-order valence-corrected chi connectivity index (χ3v) is 3.43. The summed E-state index contributed by atoms with van der Waals surface area (Å²) in [5.74, 6) is 0. The average Bonchev–Trinajstić information content (AvgIpc) is 1.95. The molecule has 15 heavy (non-hydrogen) atoms. The molecule has 0 amide bonds. The molecule has 0 bridgehead atoms. The van der Waals surface area contributed by atoms with Gasteiger partial charge in [-0.15, -0.1) is 4.42 Å². The van der Waals surface area contributed by atoms with Crippen molar-refractivity contribution < 1.29 is 151 Å². The van der Waals surface area contributed by atoms with E-state index >= 15 is 0 Å². The summed E-state index contributed by atoms with van der Waals surface area (Å²) in [5, 5.41) is 0. The van der Waals surface area contributed by atoms with Crippen LogP contribution < -0.4 is 151 Å². The van der Waals surface area contributed by atoms with Crippen molar-refractivity contribution in [1.82, 2.24) is 8.84 Å². The molecule has 0 N–H and O–H groups in total. The fourth-order valence-electron chi connectivity index (χ4n) is 0.551. The van der Waals surface area contributed by atoms with E-state index in [1.165, 1.54) is 6.20 Å². The van der Waals surface area contributed by atoms with Gasteiger partial charge in [0, 0.05) is 18.0 Å². The molecule has 0 spiro atoms. The molecule has 0 aromatic heterocycles. The van der Waals surface area contributed by atoms with Crippen molar-refractivity contribution in [3.63, 3.8) is 0 Å². The molecule has 1 rings (SSSR count). The van der Waals surface area contributed by atoms with Crippen molar-refractivity contribution >= 4 is 58.4 Å². The third-order valence-electron chi connectivity index (χ3n) is 1.11. The minimum atomic E-state index is -1.51. The van der Waals surface area contributed by atoms with Crippen LogP contribution in [-0.2, 0) is 0 Å². The summed E-state index contributed by atoms with van der Waals surface area (Å²) in [6, 6.07) is 0. The van der Waals surface area contributed by atoms with Gasteiger partial charge in [-0.2, -0.15) is 0 Å². The molecule has 11 heteroatoms. The van der Waals surface area contributed by atoms with Crippen LogP contribution in [0.4, 0.5) is 0 Å². The Labute approximate surface area is 234 Å². The zero-order valence-corrected chi connectivity index (χ0v) is 22.1. The van der Waals surface area contributed by atoms with E-state index in [4.69, 9.17) is 58.4 Å². The van der Waals surface area contributed by atoms with Crippen LogP contribution in [0.5, 0.6) is 0 Å².